The van der Waals surface area contributed by atoms with E-state index < -0.39 is 42.3 Å². The molecule has 2 rings (SSSR count). The molecule has 2 atom stereocenters. The van der Waals surface area contributed by atoms with Crippen LogP contribution in [0.3, 0.4) is 0 Å². The molecule has 0 aliphatic carbocycles. The lowest BCUT2D eigenvalue weighted by atomic mass is 9.96. The number of carboxylic acid groups (broad SMARTS) is 1. The van der Waals surface area contributed by atoms with Crippen molar-refractivity contribution < 1.29 is 32.3 Å². The van der Waals surface area contributed by atoms with Crippen LogP contribution in [0.2, 0.25) is 5.02 Å². The van der Waals surface area contributed by atoms with E-state index in [1.807, 2.05) is 0 Å². The van der Waals surface area contributed by atoms with Gasteiger partial charge in [-0.1, -0.05) is 11.6 Å². The maximum Gasteiger partial charge on any atom is 0.393 e. The maximum absolute atomic E-state index is 13.6. The van der Waals surface area contributed by atoms with E-state index in [-0.39, 0.29) is 30.2 Å². The Morgan fingerprint density at radius 3 is 2.52 bits per heavy atom. The third-order valence-electron chi connectivity index (χ3n) is 3.99. The average Bonchev–Trinajstić information content (AvgIpc) is 2.93. The van der Waals surface area contributed by atoms with Crippen molar-refractivity contribution in [1.29, 1.82) is 0 Å². The van der Waals surface area contributed by atoms with E-state index in [0.29, 0.717) is 0 Å². The second-order valence-electron chi connectivity index (χ2n) is 5.77. The van der Waals surface area contributed by atoms with Gasteiger partial charge < -0.3 is 15.3 Å². The van der Waals surface area contributed by atoms with Gasteiger partial charge >= 0.3 is 12.1 Å². The van der Waals surface area contributed by atoms with Gasteiger partial charge in [-0.3, -0.25) is 9.59 Å². The summed E-state index contributed by atoms with van der Waals surface area (Å²) in [6.07, 6.45) is -4.81. The van der Waals surface area contributed by atoms with E-state index in [4.69, 9.17) is 16.7 Å². The number of anilines is 1. The summed E-state index contributed by atoms with van der Waals surface area (Å²) in [7, 11) is 0. The monoisotopic (exact) mass is 382 g/mol. The van der Waals surface area contributed by atoms with Crippen molar-refractivity contribution >= 4 is 29.2 Å². The van der Waals surface area contributed by atoms with E-state index >= 15 is 0 Å². The van der Waals surface area contributed by atoms with Crippen LogP contribution in [0.5, 0.6) is 0 Å². The molecular weight excluding hydrogens is 368 g/mol. The Bertz CT molecular complexity index is 669. The van der Waals surface area contributed by atoms with Crippen LogP contribution in [0.15, 0.2) is 18.2 Å². The minimum atomic E-state index is -4.62. The first-order valence-corrected chi connectivity index (χ1v) is 7.72. The normalized spacial score (nSPS) is 21.3. The van der Waals surface area contributed by atoms with Crippen molar-refractivity contribution in [2.24, 2.45) is 11.8 Å². The zero-order chi connectivity index (χ0) is 18.8. The van der Waals surface area contributed by atoms with Crippen molar-refractivity contribution in [2.75, 3.05) is 25.0 Å². The molecule has 5 nitrogen and oxygen atoms in total. The zero-order valence-corrected chi connectivity index (χ0v) is 13.6. The highest BCUT2D eigenvalue weighted by atomic mass is 35.5. The number of amides is 1. The largest absolute Gasteiger partial charge is 0.481 e. The number of likely N-dealkylation sites (tertiary alicyclic amines) is 1. The van der Waals surface area contributed by atoms with Gasteiger partial charge in [-0.2, -0.15) is 13.2 Å². The predicted molar refractivity (Wildman–Crippen MR) is 81.8 cm³/mol. The highest BCUT2D eigenvalue weighted by Crippen LogP contribution is 2.37. The number of hydrogen-bond donors (Lipinski definition) is 2. The van der Waals surface area contributed by atoms with Crippen LogP contribution < -0.4 is 5.32 Å². The van der Waals surface area contributed by atoms with Crippen molar-refractivity contribution in [1.82, 2.24) is 4.90 Å². The lowest BCUT2D eigenvalue weighted by Crippen LogP contribution is -2.33. The highest BCUT2D eigenvalue weighted by Gasteiger charge is 2.52. The number of nitrogens with zero attached hydrogens (tertiary/aromatic N) is 1. The standard InChI is InChI=1S/C15H15ClF4N2O3/c16-8-1-2-12(11(17)5-8)21-13(23)3-4-22-6-9(14(24)25)10(7-22)15(18,19)20/h1-2,5,9-10H,3-4,6-7H2,(H,21,23)(H,24,25)/t9-,10-/m1/s1. The molecule has 0 spiro atoms. The molecule has 1 aliphatic rings. The number of carbonyl (C=O) groups excluding carboxylic acids is 1. The van der Waals surface area contributed by atoms with Crippen LogP contribution in [0.25, 0.3) is 0 Å². The van der Waals surface area contributed by atoms with E-state index in [0.717, 1.165) is 6.07 Å². The molecule has 1 saturated heterocycles. The topological polar surface area (TPSA) is 69.6 Å². The Kier molecular flexibility index (Phi) is 5.89. The number of nitrogens with one attached hydrogen (secondary N) is 1. The predicted octanol–water partition coefficient (Wildman–Crippen LogP) is 3.00. The van der Waals surface area contributed by atoms with E-state index in [2.05, 4.69) is 5.32 Å². The lowest BCUT2D eigenvalue weighted by Gasteiger charge is -2.18. The van der Waals surface area contributed by atoms with Crippen LogP contribution in [0.4, 0.5) is 23.2 Å². The molecule has 1 amide bonds. The van der Waals surface area contributed by atoms with Crippen LogP contribution >= 0.6 is 11.6 Å². The van der Waals surface area contributed by atoms with Gasteiger partial charge in [-0.15, -0.1) is 0 Å². The Hall–Kier alpha value is -1.87. The van der Waals surface area contributed by atoms with E-state index in [1.165, 1.54) is 17.0 Å². The number of carboxylic acids is 1. The summed E-state index contributed by atoms with van der Waals surface area (Å²) in [5.74, 6) is -6.37. The number of halogens is 5. The van der Waals surface area contributed by atoms with Gasteiger partial charge in [0, 0.05) is 31.1 Å². The van der Waals surface area contributed by atoms with E-state index in [9.17, 15) is 27.2 Å². The molecule has 0 aromatic heterocycles. The number of alkyl halides is 3. The zero-order valence-electron chi connectivity index (χ0n) is 12.8. The van der Waals surface area contributed by atoms with E-state index in [1.54, 1.807) is 0 Å². The molecule has 1 fully saturated rings. The van der Waals surface area contributed by atoms with Crippen LogP contribution in [0, 0.1) is 17.7 Å². The molecule has 10 heteroatoms. The fourth-order valence-corrected chi connectivity index (χ4v) is 2.87. The second-order valence-corrected chi connectivity index (χ2v) is 6.21. The fourth-order valence-electron chi connectivity index (χ4n) is 2.71. The summed E-state index contributed by atoms with van der Waals surface area (Å²) in [6.45, 7) is -0.831. The third-order valence-corrected chi connectivity index (χ3v) is 4.23. The molecule has 2 N–H and O–H groups in total. The van der Waals surface area contributed by atoms with Crippen LogP contribution in [0.1, 0.15) is 6.42 Å². The molecule has 25 heavy (non-hydrogen) atoms. The van der Waals surface area contributed by atoms with Gasteiger partial charge in [0.2, 0.25) is 5.91 Å². The number of aliphatic carboxylic acids is 1. The van der Waals surface area contributed by atoms with Gasteiger partial charge in [0.05, 0.1) is 17.5 Å². The Labute approximate surface area is 145 Å². The summed E-state index contributed by atoms with van der Waals surface area (Å²) in [5.41, 5.74) is -0.0904. The first-order chi connectivity index (χ1) is 11.6. The molecular formula is C15H15ClF4N2O3. The first-order valence-electron chi connectivity index (χ1n) is 7.34. The van der Waals surface area contributed by atoms with Crippen LogP contribution in [-0.4, -0.2) is 47.7 Å². The molecule has 0 bridgehead atoms. The number of carbonyl (C=O) groups is 2. The van der Waals surface area contributed by atoms with Gasteiger partial charge in [0.15, 0.2) is 0 Å². The minimum Gasteiger partial charge on any atom is -0.481 e. The Balaban J connectivity index is 1.90. The summed E-state index contributed by atoms with van der Waals surface area (Å²) in [4.78, 5) is 24.1. The van der Waals surface area contributed by atoms with Gasteiger partial charge in [-0.25, -0.2) is 4.39 Å². The third kappa shape index (κ3) is 5.05. The SMILES string of the molecule is O=C(CCN1C[C@@H](C(F)(F)F)[C@H](C(=O)O)C1)Nc1ccc(Cl)cc1F. The number of rotatable bonds is 5. The van der Waals surface area contributed by atoms with Crippen molar-refractivity contribution in [3.8, 4) is 0 Å². The van der Waals surface area contributed by atoms with Crippen molar-refractivity contribution in [2.45, 2.75) is 12.6 Å². The van der Waals surface area contributed by atoms with Crippen molar-refractivity contribution in [3.63, 3.8) is 0 Å². The number of benzene rings is 1. The maximum atomic E-state index is 13.6. The molecule has 1 aromatic carbocycles. The van der Waals surface area contributed by atoms with Gasteiger partial charge in [0.25, 0.3) is 0 Å². The summed E-state index contributed by atoms with van der Waals surface area (Å²) >= 11 is 5.59. The number of hydrogen-bond acceptors (Lipinski definition) is 3. The average molecular weight is 383 g/mol. The molecule has 1 heterocycles. The molecule has 0 saturated carbocycles. The quantitative estimate of drug-likeness (QED) is 0.768. The summed E-state index contributed by atoms with van der Waals surface area (Å²) < 4.78 is 52.2. The molecule has 138 valence electrons. The van der Waals surface area contributed by atoms with Crippen LogP contribution in [-0.2, 0) is 9.59 Å². The highest BCUT2D eigenvalue weighted by molar-refractivity contribution is 6.30. The Morgan fingerprint density at radius 2 is 2.00 bits per heavy atom. The molecule has 1 aliphatic heterocycles. The smallest absolute Gasteiger partial charge is 0.393 e. The molecule has 1 aromatic rings. The fraction of sp³-hybridized carbons (Fsp3) is 0.467. The second kappa shape index (κ2) is 7.57. The minimum absolute atomic E-state index is 0.0581. The van der Waals surface area contributed by atoms with Crippen molar-refractivity contribution in [3.05, 3.63) is 29.0 Å². The van der Waals surface area contributed by atoms with Gasteiger partial charge in [-0.05, 0) is 18.2 Å². The first kappa shape index (κ1) is 19.5. The molecule has 0 radical (unpaired) electrons. The summed E-state index contributed by atoms with van der Waals surface area (Å²) in [6, 6.07) is 3.67. The lowest BCUT2D eigenvalue weighted by molar-refractivity contribution is -0.188. The summed E-state index contributed by atoms with van der Waals surface area (Å²) in [5, 5.41) is 11.4. The Morgan fingerprint density at radius 1 is 1.32 bits per heavy atom. The van der Waals surface area contributed by atoms with Gasteiger partial charge in [0.1, 0.15) is 5.82 Å². The molecule has 0 unspecified atom stereocenters.